The second kappa shape index (κ2) is 7.32. The number of halogens is 2. The number of nitrogens with zero attached hydrogens (tertiary/aromatic N) is 1. The minimum atomic E-state index is -0.0857. The number of benzene rings is 1. The molecule has 116 valence electrons. The first kappa shape index (κ1) is 15.6. The highest BCUT2D eigenvalue weighted by Gasteiger charge is 2.27. The van der Waals surface area contributed by atoms with Gasteiger partial charge >= 0.3 is 0 Å². The summed E-state index contributed by atoms with van der Waals surface area (Å²) in [5, 5.41) is 4.40. The van der Waals surface area contributed by atoms with E-state index in [1.165, 1.54) is 0 Å². The van der Waals surface area contributed by atoms with Gasteiger partial charge in [0, 0.05) is 30.4 Å². The van der Waals surface area contributed by atoms with Gasteiger partial charge in [-0.15, -0.1) is 0 Å². The number of pyridine rings is 1. The minimum absolute atomic E-state index is 0.0857. The second-order valence-corrected chi connectivity index (χ2v) is 6.27. The molecule has 0 spiro atoms. The van der Waals surface area contributed by atoms with Crippen molar-refractivity contribution in [2.45, 2.75) is 18.9 Å². The van der Waals surface area contributed by atoms with Crippen molar-refractivity contribution in [3.63, 3.8) is 0 Å². The molecule has 5 heteroatoms. The van der Waals surface area contributed by atoms with Crippen LogP contribution in [0.3, 0.4) is 0 Å². The zero-order chi connectivity index (χ0) is 15.4. The van der Waals surface area contributed by atoms with Crippen molar-refractivity contribution >= 4 is 23.2 Å². The third kappa shape index (κ3) is 3.54. The standard InChI is InChI=1S/C17H18Cl2N2O/c18-14-6-1-7-15(16(14)19)22-17(12-4-2-8-20-10-12)13-5-3-9-21-11-13/h1-2,4,6-8,10,13,17,21H,3,5,9,11H2/t13-,17?/m1/s1. The largest absolute Gasteiger partial charge is 0.484 e. The summed E-state index contributed by atoms with van der Waals surface area (Å²) in [7, 11) is 0. The fourth-order valence-corrected chi connectivity index (χ4v) is 3.17. The number of nitrogens with one attached hydrogen (secondary N) is 1. The molecule has 3 rings (SSSR count). The van der Waals surface area contributed by atoms with Crippen molar-refractivity contribution in [1.29, 1.82) is 0 Å². The third-order valence-electron chi connectivity index (χ3n) is 3.95. The molecule has 1 aliphatic rings. The zero-order valence-electron chi connectivity index (χ0n) is 12.1. The van der Waals surface area contributed by atoms with Crippen LogP contribution in [0, 0.1) is 5.92 Å². The lowest BCUT2D eigenvalue weighted by Crippen LogP contribution is -2.35. The molecule has 0 radical (unpaired) electrons. The summed E-state index contributed by atoms with van der Waals surface area (Å²) in [6, 6.07) is 9.45. The van der Waals surface area contributed by atoms with Crippen LogP contribution >= 0.6 is 23.2 Å². The van der Waals surface area contributed by atoms with Gasteiger partial charge in [-0.05, 0) is 37.6 Å². The number of piperidine rings is 1. The lowest BCUT2D eigenvalue weighted by Gasteiger charge is -2.31. The van der Waals surface area contributed by atoms with E-state index in [1.54, 1.807) is 12.3 Å². The number of rotatable bonds is 4. The van der Waals surface area contributed by atoms with Crippen LogP contribution in [0.25, 0.3) is 0 Å². The first-order valence-corrected chi connectivity index (χ1v) is 8.22. The van der Waals surface area contributed by atoms with Gasteiger partial charge in [0.1, 0.15) is 16.9 Å². The normalized spacial score (nSPS) is 19.6. The molecular weight excluding hydrogens is 319 g/mol. The number of ether oxygens (including phenoxy) is 1. The Labute approximate surface area is 140 Å². The van der Waals surface area contributed by atoms with Crippen LogP contribution in [0.2, 0.25) is 10.0 Å². The highest BCUT2D eigenvalue weighted by Crippen LogP contribution is 2.37. The highest BCUT2D eigenvalue weighted by molar-refractivity contribution is 6.42. The van der Waals surface area contributed by atoms with Crippen LogP contribution in [0.1, 0.15) is 24.5 Å². The Kier molecular flexibility index (Phi) is 5.19. The van der Waals surface area contributed by atoms with Crippen LogP contribution in [-0.4, -0.2) is 18.1 Å². The van der Waals surface area contributed by atoms with Crippen LogP contribution in [0.4, 0.5) is 0 Å². The molecule has 0 aliphatic carbocycles. The fraction of sp³-hybridized carbons (Fsp3) is 0.353. The van der Waals surface area contributed by atoms with E-state index in [0.29, 0.717) is 21.7 Å². The van der Waals surface area contributed by atoms with Crippen molar-refractivity contribution < 1.29 is 4.74 Å². The Bertz CT molecular complexity index is 615. The van der Waals surface area contributed by atoms with Gasteiger partial charge in [0.05, 0.1) is 5.02 Å². The highest BCUT2D eigenvalue weighted by atomic mass is 35.5. The SMILES string of the molecule is Clc1cccc(OC(c2cccnc2)[C@@H]2CCCNC2)c1Cl. The van der Waals surface area contributed by atoms with Crippen LogP contribution in [0.15, 0.2) is 42.7 Å². The molecule has 0 saturated carbocycles. The molecule has 2 atom stereocenters. The average molecular weight is 337 g/mol. The van der Waals surface area contributed by atoms with E-state index >= 15 is 0 Å². The van der Waals surface area contributed by atoms with E-state index in [2.05, 4.69) is 10.3 Å². The van der Waals surface area contributed by atoms with E-state index in [9.17, 15) is 0 Å². The number of hydrogen-bond donors (Lipinski definition) is 1. The van der Waals surface area contributed by atoms with Crippen LogP contribution < -0.4 is 10.1 Å². The topological polar surface area (TPSA) is 34.1 Å². The van der Waals surface area contributed by atoms with Gasteiger partial charge in [-0.2, -0.15) is 0 Å². The van der Waals surface area contributed by atoms with Crippen LogP contribution in [0.5, 0.6) is 5.75 Å². The molecule has 1 fully saturated rings. The quantitative estimate of drug-likeness (QED) is 0.891. The van der Waals surface area contributed by atoms with E-state index in [1.807, 2.05) is 30.5 Å². The summed E-state index contributed by atoms with van der Waals surface area (Å²) in [5.41, 5.74) is 1.06. The Morgan fingerprint density at radius 1 is 1.23 bits per heavy atom. The Hall–Kier alpha value is -1.29. The van der Waals surface area contributed by atoms with Crippen LogP contribution in [-0.2, 0) is 0 Å². The summed E-state index contributed by atoms with van der Waals surface area (Å²) in [6.07, 6.45) is 5.81. The lowest BCUT2D eigenvalue weighted by atomic mass is 9.90. The van der Waals surface area contributed by atoms with E-state index in [-0.39, 0.29) is 6.10 Å². The van der Waals surface area contributed by atoms with Gasteiger partial charge in [0.15, 0.2) is 0 Å². The minimum Gasteiger partial charge on any atom is -0.484 e. The van der Waals surface area contributed by atoms with E-state index in [0.717, 1.165) is 31.5 Å². The van der Waals surface area contributed by atoms with Gasteiger partial charge in [0.25, 0.3) is 0 Å². The summed E-state index contributed by atoms with van der Waals surface area (Å²) >= 11 is 12.4. The molecule has 1 unspecified atom stereocenters. The summed E-state index contributed by atoms with van der Waals surface area (Å²) in [5.74, 6) is 1.00. The fourth-order valence-electron chi connectivity index (χ4n) is 2.83. The molecule has 2 aromatic rings. The molecule has 0 amide bonds. The first-order chi connectivity index (χ1) is 10.8. The molecule has 1 aromatic heterocycles. The van der Waals surface area contributed by atoms with Gasteiger partial charge in [-0.25, -0.2) is 0 Å². The summed E-state index contributed by atoms with van der Waals surface area (Å²) < 4.78 is 6.26. The first-order valence-electron chi connectivity index (χ1n) is 7.47. The molecule has 22 heavy (non-hydrogen) atoms. The predicted molar refractivity (Wildman–Crippen MR) is 89.7 cm³/mol. The van der Waals surface area contributed by atoms with Gasteiger partial charge in [0.2, 0.25) is 0 Å². The average Bonchev–Trinajstić information content (AvgIpc) is 2.58. The molecule has 1 saturated heterocycles. The smallest absolute Gasteiger partial charge is 0.140 e. The van der Waals surface area contributed by atoms with Crippen molar-refractivity contribution in [2.75, 3.05) is 13.1 Å². The molecule has 1 aliphatic heterocycles. The van der Waals surface area contributed by atoms with Crippen molar-refractivity contribution in [2.24, 2.45) is 5.92 Å². The second-order valence-electron chi connectivity index (χ2n) is 5.48. The third-order valence-corrected chi connectivity index (χ3v) is 4.75. The zero-order valence-corrected chi connectivity index (χ0v) is 13.6. The molecular formula is C17H18Cl2N2O. The predicted octanol–water partition coefficient (Wildman–Crippen LogP) is 4.51. The van der Waals surface area contributed by atoms with Gasteiger partial charge < -0.3 is 10.1 Å². The van der Waals surface area contributed by atoms with Gasteiger partial charge in [-0.3, -0.25) is 4.98 Å². The molecule has 3 nitrogen and oxygen atoms in total. The molecule has 1 aromatic carbocycles. The Morgan fingerprint density at radius 3 is 2.86 bits per heavy atom. The van der Waals surface area contributed by atoms with Crippen molar-refractivity contribution in [1.82, 2.24) is 10.3 Å². The summed E-state index contributed by atoms with van der Waals surface area (Å²) in [6.45, 7) is 1.99. The summed E-state index contributed by atoms with van der Waals surface area (Å²) in [4.78, 5) is 4.22. The Morgan fingerprint density at radius 2 is 2.14 bits per heavy atom. The van der Waals surface area contributed by atoms with Crippen molar-refractivity contribution in [3.05, 3.63) is 58.3 Å². The number of hydrogen-bond acceptors (Lipinski definition) is 3. The number of aromatic nitrogens is 1. The van der Waals surface area contributed by atoms with E-state index in [4.69, 9.17) is 27.9 Å². The maximum Gasteiger partial charge on any atom is 0.140 e. The monoisotopic (exact) mass is 336 g/mol. The van der Waals surface area contributed by atoms with Crippen molar-refractivity contribution in [3.8, 4) is 5.75 Å². The molecule has 1 N–H and O–H groups in total. The Balaban J connectivity index is 1.89. The maximum atomic E-state index is 6.28. The lowest BCUT2D eigenvalue weighted by molar-refractivity contribution is 0.115. The molecule has 0 bridgehead atoms. The van der Waals surface area contributed by atoms with E-state index < -0.39 is 0 Å². The van der Waals surface area contributed by atoms with Gasteiger partial charge in [-0.1, -0.05) is 35.3 Å². The maximum absolute atomic E-state index is 6.28. The molecule has 2 heterocycles.